The highest BCUT2D eigenvalue weighted by Crippen LogP contribution is 2.18. The Balaban J connectivity index is 2.90. The van der Waals surface area contributed by atoms with Crippen molar-refractivity contribution in [2.75, 3.05) is 6.61 Å². The van der Waals surface area contributed by atoms with Crippen molar-refractivity contribution in [2.24, 2.45) is 0 Å². The molecule has 1 atom stereocenters. The zero-order chi connectivity index (χ0) is 13.8. The van der Waals surface area contributed by atoms with Crippen LogP contribution < -0.4 is 0 Å². The van der Waals surface area contributed by atoms with Crippen LogP contribution in [-0.2, 0) is 23.8 Å². The zero-order valence-electron chi connectivity index (χ0n) is 10.5. The van der Waals surface area contributed by atoms with Crippen LogP contribution in [0.25, 0.3) is 0 Å². The van der Waals surface area contributed by atoms with Gasteiger partial charge in [0.2, 0.25) is 0 Å². The quantitative estimate of drug-likeness (QED) is 0.602. The summed E-state index contributed by atoms with van der Waals surface area (Å²) in [6.45, 7) is 4.82. The van der Waals surface area contributed by atoms with E-state index in [1.54, 1.807) is 32.0 Å². The number of benzene rings is 1. The highest BCUT2D eigenvalue weighted by Gasteiger charge is 2.25. The first-order valence-corrected chi connectivity index (χ1v) is 6.95. The van der Waals surface area contributed by atoms with Crippen LogP contribution in [0.15, 0.2) is 29.2 Å². The van der Waals surface area contributed by atoms with Crippen LogP contribution in [-0.4, -0.2) is 27.1 Å². The summed E-state index contributed by atoms with van der Waals surface area (Å²) in [6, 6.07) is 6.41. The summed E-state index contributed by atoms with van der Waals surface area (Å²) < 4.78 is 33.4. The van der Waals surface area contributed by atoms with E-state index in [9.17, 15) is 13.2 Å². The molecule has 0 aliphatic rings. The Morgan fingerprint density at radius 3 is 2.50 bits per heavy atom. The third-order valence-electron chi connectivity index (χ3n) is 2.25. The fraction of sp³-hybridized carbons (Fsp3) is 0.417. The monoisotopic (exact) mass is 272 g/mol. The van der Waals surface area contributed by atoms with E-state index in [0.717, 1.165) is 0 Å². The lowest BCUT2D eigenvalue weighted by Gasteiger charge is -2.13. The van der Waals surface area contributed by atoms with Gasteiger partial charge in [0.25, 0.3) is 10.1 Å². The van der Waals surface area contributed by atoms with Crippen LogP contribution in [0.1, 0.15) is 19.4 Å². The molecule has 0 heterocycles. The number of hydrogen-bond donors (Lipinski definition) is 0. The number of rotatable bonds is 5. The lowest BCUT2D eigenvalue weighted by molar-refractivity contribution is -0.150. The maximum absolute atomic E-state index is 11.9. The predicted molar refractivity (Wildman–Crippen MR) is 65.5 cm³/mol. The van der Waals surface area contributed by atoms with E-state index in [0.29, 0.717) is 5.56 Å². The van der Waals surface area contributed by atoms with Gasteiger partial charge in [-0.25, -0.2) is 4.79 Å². The van der Waals surface area contributed by atoms with Gasteiger partial charge in [0.1, 0.15) is 0 Å². The maximum Gasteiger partial charge on any atom is 0.336 e. The Hall–Kier alpha value is -1.40. The van der Waals surface area contributed by atoms with Gasteiger partial charge in [0.15, 0.2) is 6.10 Å². The maximum atomic E-state index is 11.9. The standard InChI is InChI=1S/C12H16O5S/c1-4-16-12(13)10(3)17-18(14,15)11-8-6-5-7-9(11)2/h5-8,10H,4H2,1-3H3. The summed E-state index contributed by atoms with van der Waals surface area (Å²) in [6.07, 6.45) is -1.16. The van der Waals surface area contributed by atoms with Gasteiger partial charge in [-0.2, -0.15) is 8.42 Å². The molecule has 0 saturated heterocycles. The normalized spacial score (nSPS) is 13.1. The fourth-order valence-corrected chi connectivity index (χ4v) is 2.65. The average molecular weight is 272 g/mol. The van der Waals surface area contributed by atoms with Crippen LogP contribution in [0.2, 0.25) is 0 Å². The van der Waals surface area contributed by atoms with E-state index in [4.69, 9.17) is 4.18 Å². The first-order valence-electron chi connectivity index (χ1n) is 5.54. The Bertz CT molecular complexity index is 521. The third kappa shape index (κ3) is 3.54. The Kier molecular flexibility index (Phi) is 4.86. The number of carbonyl (C=O) groups excluding carboxylic acids is 1. The Labute approximate surface area is 107 Å². The summed E-state index contributed by atoms with van der Waals surface area (Å²) in [7, 11) is -3.95. The highest BCUT2D eigenvalue weighted by atomic mass is 32.2. The van der Waals surface area contributed by atoms with E-state index in [2.05, 4.69) is 4.74 Å². The largest absolute Gasteiger partial charge is 0.464 e. The minimum atomic E-state index is -3.95. The van der Waals surface area contributed by atoms with Gasteiger partial charge in [-0.15, -0.1) is 0 Å². The minimum absolute atomic E-state index is 0.0566. The first kappa shape index (κ1) is 14.7. The van der Waals surface area contributed by atoms with Gasteiger partial charge in [0, 0.05) is 0 Å². The van der Waals surface area contributed by atoms with Crippen molar-refractivity contribution in [1.82, 2.24) is 0 Å². The molecule has 0 aliphatic heterocycles. The number of aryl methyl sites for hydroxylation is 1. The molecule has 0 aliphatic carbocycles. The van der Waals surface area contributed by atoms with Gasteiger partial charge < -0.3 is 4.74 Å². The summed E-state index contributed by atoms with van der Waals surface area (Å²) in [4.78, 5) is 11.4. The van der Waals surface area contributed by atoms with Gasteiger partial charge in [-0.05, 0) is 32.4 Å². The SMILES string of the molecule is CCOC(=O)C(C)OS(=O)(=O)c1ccccc1C. The summed E-state index contributed by atoms with van der Waals surface area (Å²) in [5.41, 5.74) is 0.563. The van der Waals surface area contributed by atoms with E-state index in [1.165, 1.54) is 13.0 Å². The molecule has 0 amide bonds. The predicted octanol–water partition coefficient (Wildman–Crippen LogP) is 1.65. The molecule has 18 heavy (non-hydrogen) atoms. The van der Waals surface area contributed by atoms with Crippen LogP contribution >= 0.6 is 0 Å². The van der Waals surface area contributed by atoms with E-state index in [1.807, 2.05) is 0 Å². The molecular formula is C12H16O5S. The molecule has 0 fully saturated rings. The fourth-order valence-electron chi connectivity index (χ4n) is 1.38. The number of ether oxygens (including phenoxy) is 1. The van der Waals surface area contributed by atoms with Gasteiger partial charge in [-0.3, -0.25) is 4.18 Å². The molecular weight excluding hydrogens is 256 g/mol. The highest BCUT2D eigenvalue weighted by molar-refractivity contribution is 7.86. The molecule has 0 spiro atoms. The average Bonchev–Trinajstić information content (AvgIpc) is 2.29. The topological polar surface area (TPSA) is 69.7 Å². The van der Waals surface area contributed by atoms with Gasteiger partial charge in [0.05, 0.1) is 11.5 Å². The first-order chi connectivity index (χ1) is 8.38. The molecule has 0 radical (unpaired) electrons. The molecule has 6 heteroatoms. The van der Waals surface area contributed by atoms with Crippen molar-refractivity contribution in [3.63, 3.8) is 0 Å². The second-order valence-electron chi connectivity index (χ2n) is 3.71. The Morgan fingerprint density at radius 2 is 1.94 bits per heavy atom. The smallest absolute Gasteiger partial charge is 0.336 e. The van der Waals surface area contributed by atoms with Crippen molar-refractivity contribution in [3.8, 4) is 0 Å². The van der Waals surface area contributed by atoms with E-state index < -0.39 is 22.2 Å². The molecule has 0 bridgehead atoms. The molecule has 1 unspecified atom stereocenters. The lowest BCUT2D eigenvalue weighted by Crippen LogP contribution is -2.26. The molecule has 5 nitrogen and oxygen atoms in total. The summed E-state index contributed by atoms with van der Waals surface area (Å²) in [5, 5.41) is 0. The molecule has 1 aromatic rings. The van der Waals surface area contributed by atoms with E-state index >= 15 is 0 Å². The van der Waals surface area contributed by atoms with Crippen LogP contribution in [0, 0.1) is 6.92 Å². The van der Waals surface area contributed by atoms with Crippen molar-refractivity contribution >= 4 is 16.1 Å². The van der Waals surface area contributed by atoms with Crippen molar-refractivity contribution in [1.29, 1.82) is 0 Å². The van der Waals surface area contributed by atoms with E-state index in [-0.39, 0.29) is 11.5 Å². The second-order valence-corrected chi connectivity index (χ2v) is 5.25. The van der Waals surface area contributed by atoms with Crippen LogP contribution in [0.4, 0.5) is 0 Å². The number of carbonyl (C=O) groups is 1. The molecule has 0 aromatic heterocycles. The number of esters is 1. The van der Waals surface area contributed by atoms with Crippen LogP contribution in [0.3, 0.4) is 0 Å². The second kappa shape index (κ2) is 5.97. The molecule has 100 valence electrons. The minimum Gasteiger partial charge on any atom is -0.464 e. The van der Waals surface area contributed by atoms with Crippen molar-refractivity contribution in [3.05, 3.63) is 29.8 Å². The molecule has 0 saturated carbocycles. The summed E-state index contributed by atoms with van der Waals surface area (Å²) >= 11 is 0. The third-order valence-corrected chi connectivity index (χ3v) is 3.79. The van der Waals surface area contributed by atoms with Gasteiger partial charge >= 0.3 is 5.97 Å². The molecule has 1 rings (SSSR count). The lowest BCUT2D eigenvalue weighted by atomic mass is 10.2. The number of hydrogen-bond acceptors (Lipinski definition) is 5. The summed E-state index contributed by atoms with van der Waals surface area (Å²) in [5.74, 6) is -0.699. The molecule has 0 N–H and O–H groups in total. The van der Waals surface area contributed by atoms with Crippen molar-refractivity contribution < 1.29 is 22.1 Å². The molecule has 1 aromatic carbocycles. The van der Waals surface area contributed by atoms with Crippen molar-refractivity contribution in [2.45, 2.75) is 31.8 Å². The van der Waals surface area contributed by atoms with Gasteiger partial charge in [-0.1, -0.05) is 18.2 Å². The Morgan fingerprint density at radius 1 is 1.33 bits per heavy atom. The zero-order valence-corrected chi connectivity index (χ0v) is 11.4. The van der Waals surface area contributed by atoms with Crippen LogP contribution in [0.5, 0.6) is 0 Å².